The zero-order valence-electron chi connectivity index (χ0n) is 12.0. The van der Waals surface area contributed by atoms with E-state index in [4.69, 9.17) is 4.74 Å². The highest BCUT2D eigenvalue weighted by Crippen LogP contribution is 2.29. The first kappa shape index (κ1) is 13.6. The van der Waals surface area contributed by atoms with Gasteiger partial charge in [-0.2, -0.15) is 0 Å². The third-order valence-electron chi connectivity index (χ3n) is 3.64. The Morgan fingerprint density at radius 2 is 2.11 bits per heavy atom. The van der Waals surface area contributed by atoms with Crippen LogP contribution in [-0.4, -0.2) is 19.8 Å². The first-order chi connectivity index (χ1) is 8.52. The molecule has 0 saturated heterocycles. The predicted octanol–water partition coefficient (Wildman–Crippen LogP) is 3.21. The van der Waals surface area contributed by atoms with Crippen molar-refractivity contribution >= 4 is 0 Å². The second-order valence-electron chi connectivity index (χ2n) is 6.10. The van der Waals surface area contributed by atoms with Crippen molar-refractivity contribution in [2.75, 3.05) is 19.8 Å². The van der Waals surface area contributed by atoms with Crippen molar-refractivity contribution < 1.29 is 4.74 Å². The minimum atomic E-state index is 0.207. The molecule has 1 atom stereocenters. The van der Waals surface area contributed by atoms with E-state index in [-0.39, 0.29) is 5.41 Å². The van der Waals surface area contributed by atoms with Crippen molar-refractivity contribution in [3.8, 4) is 0 Å². The van der Waals surface area contributed by atoms with Gasteiger partial charge in [0.05, 0.1) is 19.3 Å². The standard InChI is InChI=1S/C16H25NO/c1-5-17-15-11-18-9-8-12-6-7-13(10-14(12)15)16(2,3)4/h6-7,10,15,17H,5,8-9,11H2,1-4H3. The highest BCUT2D eigenvalue weighted by molar-refractivity contribution is 5.38. The van der Waals surface area contributed by atoms with E-state index in [1.807, 2.05) is 0 Å². The molecule has 100 valence electrons. The number of likely N-dealkylation sites (N-methyl/N-ethyl adjacent to an activating group) is 1. The van der Waals surface area contributed by atoms with E-state index in [1.165, 1.54) is 16.7 Å². The van der Waals surface area contributed by atoms with Gasteiger partial charge in [-0.15, -0.1) is 0 Å². The third-order valence-corrected chi connectivity index (χ3v) is 3.64. The summed E-state index contributed by atoms with van der Waals surface area (Å²) in [6.07, 6.45) is 1.03. The van der Waals surface area contributed by atoms with Crippen LogP contribution in [0.1, 0.15) is 50.4 Å². The Labute approximate surface area is 111 Å². The molecule has 0 radical (unpaired) electrons. The van der Waals surface area contributed by atoms with E-state index in [1.54, 1.807) is 0 Å². The topological polar surface area (TPSA) is 21.3 Å². The first-order valence-electron chi connectivity index (χ1n) is 6.97. The van der Waals surface area contributed by atoms with Crippen LogP contribution < -0.4 is 5.32 Å². The van der Waals surface area contributed by atoms with Gasteiger partial charge in [0.25, 0.3) is 0 Å². The summed E-state index contributed by atoms with van der Waals surface area (Å²) in [7, 11) is 0. The van der Waals surface area contributed by atoms with Gasteiger partial charge in [-0.3, -0.25) is 0 Å². The molecule has 2 rings (SSSR count). The molecule has 0 fully saturated rings. The Morgan fingerprint density at radius 1 is 1.33 bits per heavy atom. The fourth-order valence-corrected chi connectivity index (χ4v) is 2.50. The van der Waals surface area contributed by atoms with Crippen molar-refractivity contribution in [3.63, 3.8) is 0 Å². The minimum Gasteiger partial charge on any atom is -0.379 e. The van der Waals surface area contributed by atoms with Crippen molar-refractivity contribution in [1.82, 2.24) is 5.32 Å². The number of rotatable bonds is 2. The molecule has 2 nitrogen and oxygen atoms in total. The van der Waals surface area contributed by atoms with E-state index < -0.39 is 0 Å². The van der Waals surface area contributed by atoms with E-state index in [2.05, 4.69) is 51.2 Å². The highest BCUT2D eigenvalue weighted by atomic mass is 16.5. The monoisotopic (exact) mass is 247 g/mol. The van der Waals surface area contributed by atoms with Crippen LogP contribution in [0.15, 0.2) is 18.2 Å². The van der Waals surface area contributed by atoms with E-state index in [0.717, 1.165) is 26.2 Å². The number of nitrogens with one attached hydrogen (secondary N) is 1. The van der Waals surface area contributed by atoms with Crippen molar-refractivity contribution in [1.29, 1.82) is 0 Å². The van der Waals surface area contributed by atoms with E-state index >= 15 is 0 Å². The van der Waals surface area contributed by atoms with E-state index in [9.17, 15) is 0 Å². The van der Waals surface area contributed by atoms with Gasteiger partial charge >= 0.3 is 0 Å². The summed E-state index contributed by atoms with van der Waals surface area (Å²) in [5.74, 6) is 0. The average Bonchev–Trinajstić information content (AvgIpc) is 2.51. The normalized spacial score (nSPS) is 20.3. The maximum atomic E-state index is 5.71. The van der Waals surface area contributed by atoms with Gasteiger partial charge in [0.1, 0.15) is 0 Å². The largest absolute Gasteiger partial charge is 0.379 e. The lowest BCUT2D eigenvalue weighted by atomic mass is 9.84. The molecule has 0 spiro atoms. The van der Waals surface area contributed by atoms with E-state index in [0.29, 0.717) is 6.04 Å². The van der Waals surface area contributed by atoms with Crippen LogP contribution in [0.5, 0.6) is 0 Å². The molecular weight excluding hydrogens is 222 g/mol. The summed E-state index contributed by atoms with van der Waals surface area (Å²) >= 11 is 0. The lowest BCUT2D eigenvalue weighted by Gasteiger charge is -2.24. The van der Waals surface area contributed by atoms with Crippen LogP contribution in [0.4, 0.5) is 0 Å². The molecule has 1 aliphatic heterocycles. The van der Waals surface area contributed by atoms with Gasteiger partial charge in [0.15, 0.2) is 0 Å². The number of ether oxygens (including phenoxy) is 1. The Hall–Kier alpha value is -0.860. The number of hydrogen-bond acceptors (Lipinski definition) is 2. The SMILES string of the molecule is CCNC1COCCc2ccc(C(C)(C)C)cc21. The fourth-order valence-electron chi connectivity index (χ4n) is 2.50. The van der Waals surface area contributed by atoms with Crippen molar-refractivity contribution in [2.24, 2.45) is 0 Å². The molecule has 0 aromatic heterocycles. The Balaban J connectivity index is 2.39. The summed E-state index contributed by atoms with van der Waals surface area (Å²) in [6.45, 7) is 11.6. The summed E-state index contributed by atoms with van der Waals surface area (Å²) in [5.41, 5.74) is 4.48. The van der Waals surface area contributed by atoms with Crippen LogP contribution in [0.2, 0.25) is 0 Å². The summed E-state index contributed by atoms with van der Waals surface area (Å²) in [5, 5.41) is 3.53. The number of benzene rings is 1. The fraction of sp³-hybridized carbons (Fsp3) is 0.625. The lowest BCUT2D eigenvalue weighted by Crippen LogP contribution is -2.25. The lowest BCUT2D eigenvalue weighted by molar-refractivity contribution is 0.122. The third kappa shape index (κ3) is 2.93. The molecule has 1 unspecified atom stereocenters. The maximum Gasteiger partial charge on any atom is 0.0661 e. The molecule has 0 bridgehead atoms. The molecule has 0 aliphatic carbocycles. The van der Waals surface area contributed by atoms with Gasteiger partial charge in [0, 0.05) is 0 Å². The van der Waals surface area contributed by atoms with Gasteiger partial charge < -0.3 is 10.1 Å². The number of hydrogen-bond donors (Lipinski definition) is 1. The van der Waals surface area contributed by atoms with Gasteiger partial charge in [-0.05, 0) is 35.1 Å². The Bertz CT molecular complexity index is 406. The second-order valence-corrected chi connectivity index (χ2v) is 6.10. The molecule has 1 aromatic rings. The van der Waals surface area contributed by atoms with Gasteiger partial charge in [-0.25, -0.2) is 0 Å². The second kappa shape index (κ2) is 5.41. The molecular formula is C16H25NO. The summed E-state index contributed by atoms with van der Waals surface area (Å²) in [6, 6.07) is 7.27. The van der Waals surface area contributed by atoms with Crippen molar-refractivity contribution in [3.05, 3.63) is 34.9 Å². The average molecular weight is 247 g/mol. The molecule has 2 heteroatoms. The molecule has 1 aliphatic rings. The number of fused-ring (bicyclic) bond motifs is 1. The van der Waals surface area contributed by atoms with Crippen LogP contribution in [0.25, 0.3) is 0 Å². The smallest absolute Gasteiger partial charge is 0.0661 e. The van der Waals surface area contributed by atoms with Gasteiger partial charge in [-0.1, -0.05) is 45.9 Å². The summed E-state index contributed by atoms with van der Waals surface area (Å²) < 4.78 is 5.71. The minimum absolute atomic E-state index is 0.207. The molecule has 1 N–H and O–H groups in total. The van der Waals surface area contributed by atoms with Crippen LogP contribution in [0.3, 0.4) is 0 Å². The van der Waals surface area contributed by atoms with Crippen LogP contribution in [-0.2, 0) is 16.6 Å². The maximum absolute atomic E-state index is 5.71. The predicted molar refractivity (Wildman–Crippen MR) is 76.1 cm³/mol. The molecule has 0 amide bonds. The molecule has 18 heavy (non-hydrogen) atoms. The van der Waals surface area contributed by atoms with Crippen molar-refractivity contribution in [2.45, 2.75) is 45.6 Å². The summed E-state index contributed by atoms with van der Waals surface area (Å²) in [4.78, 5) is 0. The molecule has 1 aromatic carbocycles. The highest BCUT2D eigenvalue weighted by Gasteiger charge is 2.21. The zero-order valence-corrected chi connectivity index (χ0v) is 12.0. The zero-order chi connectivity index (χ0) is 13.2. The molecule has 0 saturated carbocycles. The Kier molecular flexibility index (Phi) is 4.08. The first-order valence-corrected chi connectivity index (χ1v) is 6.97. The Morgan fingerprint density at radius 3 is 2.78 bits per heavy atom. The van der Waals surface area contributed by atoms with Crippen LogP contribution in [0, 0.1) is 0 Å². The quantitative estimate of drug-likeness (QED) is 0.866. The van der Waals surface area contributed by atoms with Gasteiger partial charge in [0.2, 0.25) is 0 Å². The molecule has 1 heterocycles. The van der Waals surface area contributed by atoms with Crippen LogP contribution >= 0.6 is 0 Å².